The second-order valence-corrected chi connectivity index (χ2v) is 23.0. The Kier molecular flexibility index (Phi) is 33.4. The summed E-state index contributed by atoms with van der Waals surface area (Å²) in [5.41, 5.74) is 1.15. The fourth-order valence-corrected chi connectivity index (χ4v) is 11.5. The van der Waals surface area contributed by atoms with Gasteiger partial charge in [-0.2, -0.15) is 0 Å². The lowest BCUT2D eigenvalue weighted by atomic mass is 9.90. The topological polar surface area (TPSA) is 143 Å². The predicted molar refractivity (Wildman–Crippen MR) is 301 cm³/mol. The molecule has 0 spiro atoms. The Morgan fingerprint density at radius 3 is 1.35 bits per heavy atom. The van der Waals surface area contributed by atoms with Crippen molar-refractivity contribution in [2.24, 2.45) is 0 Å². The van der Waals surface area contributed by atoms with E-state index in [2.05, 4.69) is 61.5 Å². The normalized spacial score (nSPS) is 13.5. The average molecular weight is 1020 g/mol. The largest absolute Gasteiger partial charge is 0.457 e. The number of rotatable bonds is 48. The first-order valence-corrected chi connectivity index (χ1v) is 31.3. The van der Waals surface area contributed by atoms with Crippen molar-refractivity contribution in [3.8, 4) is 0 Å². The number of hydrogen-bond donors (Lipinski definition) is 4. The molecule has 0 amide bonds. The van der Waals surface area contributed by atoms with Crippen molar-refractivity contribution in [3.05, 3.63) is 60.2 Å². The fourth-order valence-electron chi connectivity index (χ4n) is 10.7. The first-order chi connectivity index (χ1) is 35.2. The molecule has 0 aliphatic carbocycles. The van der Waals surface area contributed by atoms with Gasteiger partial charge in [-0.3, -0.25) is 9.36 Å². The minimum Gasteiger partial charge on any atom is -0.457 e. The third-order valence-corrected chi connectivity index (χ3v) is 16.1. The maximum atomic E-state index is 13.1. The van der Waals surface area contributed by atoms with Gasteiger partial charge in [0.15, 0.2) is 5.85 Å². The molecule has 0 fully saturated rings. The summed E-state index contributed by atoms with van der Waals surface area (Å²) in [6, 6.07) is 19.2. The molecule has 4 aromatic rings. The number of carbonyl (C=O) groups excluding carboxylic acids is 1. The third-order valence-electron chi connectivity index (χ3n) is 15.0. The molecule has 0 saturated carbocycles. The number of benzene rings is 4. The summed E-state index contributed by atoms with van der Waals surface area (Å²) in [5.74, 6) is -2.41. The number of esters is 1. The van der Waals surface area contributed by atoms with Crippen molar-refractivity contribution in [2.75, 3.05) is 26.4 Å². The van der Waals surface area contributed by atoms with Gasteiger partial charge in [-0.25, -0.2) is 0 Å². The van der Waals surface area contributed by atoms with Crippen LogP contribution in [0, 0.1) is 0 Å². The first kappa shape index (κ1) is 61.9. The molecule has 408 valence electrons. The fraction of sp³-hybridized carbons (Fsp3) is 0.726. The monoisotopic (exact) mass is 1020 g/mol. The summed E-state index contributed by atoms with van der Waals surface area (Å²) >= 11 is 0. The molecule has 0 aliphatic heterocycles. The van der Waals surface area contributed by atoms with E-state index in [1.54, 1.807) is 0 Å². The predicted octanol–water partition coefficient (Wildman–Crippen LogP) is 17.0. The molecule has 2 unspecified atom stereocenters. The molecular formula is C62H101O9P. The zero-order chi connectivity index (χ0) is 51.3. The van der Waals surface area contributed by atoms with E-state index in [-0.39, 0.29) is 13.0 Å². The Morgan fingerprint density at radius 2 is 0.917 bits per heavy atom. The summed E-state index contributed by atoms with van der Waals surface area (Å²) in [7, 11) is -4.92. The highest BCUT2D eigenvalue weighted by Crippen LogP contribution is 2.43. The standard InChI is InChI=1S/C62H101O9P/c1-2-3-4-5-6-7-8-9-10-11-12-13-14-15-16-17-18-19-20-21-22-23-24-25-26-27-28-29-30-31-32-33-34-35-48-69-50-56(51-70-62(58(64)49-63)72(66,67)68)71-59(65)41-37-38-52-42-43-55-45-44-53-39-36-40-54-46-47-57(52)61(55)60(53)54/h36,39-40,42-47,56,58,62-64H,2-35,37-38,41,48-51H2,1H3,(H2,66,67,68)/t56-,58?,62?/m1/s1. The van der Waals surface area contributed by atoms with Crippen LogP contribution < -0.4 is 0 Å². The Bertz CT molecular complexity index is 1980. The molecule has 10 heteroatoms. The molecule has 0 bridgehead atoms. The first-order valence-electron chi connectivity index (χ1n) is 29.6. The molecule has 4 aromatic carbocycles. The molecule has 0 heterocycles. The Balaban J connectivity index is 0.943. The van der Waals surface area contributed by atoms with Crippen LogP contribution in [0.3, 0.4) is 0 Å². The van der Waals surface area contributed by atoms with E-state index in [1.807, 2.05) is 0 Å². The molecule has 0 aliphatic rings. The summed E-state index contributed by atoms with van der Waals surface area (Å²) in [5, 5.41) is 26.7. The van der Waals surface area contributed by atoms with Gasteiger partial charge in [0.05, 0.1) is 19.8 Å². The van der Waals surface area contributed by atoms with E-state index in [0.717, 1.165) is 24.8 Å². The van der Waals surface area contributed by atoms with Crippen molar-refractivity contribution in [3.63, 3.8) is 0 Å². The highest BCUT2D eigenvalue weighted by molar-refractivity contribution is 7.52. The van der Waals surface area contributed by atoms with Crippen molar-refractivity contribution in [1.82, 2.24) is 0 Å². The number of hydrogen-bond acceptors (Lipinski definition) is 7. The summed E-state index contributed by atoms with van der Waals surface area (Å²) in [4.78, 5) is 32.6. The van der Waals surface area contributed by atoms with Crippen LogP contribution in [0.15, 0.2) is 54.6 Å². The van der Waals surface area contributed by atoms with E-state index in [4.69, 9.17) is 14.2 Å². The van der Waals surface area contributed by atoms with Crippen LogP contribution in [0.5, 0.6) is 0 Å². The van der Waals surface area contributed by atoms with Crippen molar-refractivity contribution in [1.29, 1.82) is 0 Å². The van der Waals surface area contributed by atoms with Gasteiger partial charge in [-0.1, -0.05) is 273 Å². The van der Waals surface area contributed by atoms with Crippen molar-refractivity contribution < 1.29 is 43.6 Å². The van der Waals surface area contributed by atoms with Crippen LogP contribution in [0.25, 0.3) is 32.3 Å². The van der Waals surface area contributed by atoms with Crippen LogP contribution in [0.4, 0.5) is 0 Å². The van der Waals surface area contributed by atoms with Crippen LogP contribution in [0.2, 0.25) is 0 Å². The van der Waals surface area contributed by atoms with Crippen LogP contribution in [-0.2, 0) is 30.0 Å². The zero-order valence-electron chi connectivity index (χ0n) is 45.2. The van der Waals surface area contributed by atoms with E-state index >= 15 is 0 Å². The lowest BCUT2D eigenvalue weighted by molar-refractivity contribution is -0.158. The SMILES string of the molecule is CCCCCCCCCCCCCCCCCCCCCCCCCCCCCCCCCCCCOC[C@H](COC(C(O)CO)P(=O)(O)O)OC(=O)CCCc1ccc2ccc3cccc4ccc1c2c34. The number of unbranched alkanes of at least 4 members (excludes halogenated alkanes) is 33. The minimum atomic E-state index is -4.92. The molecule has 0 saturated heterocycles. The maximum Gasteiger partial charge on any atom is 0.356 e. The number of ether oxygens (including phenoxy) is 3. The Morgan fingerprint density at radius 1 is 0.514 bits per heavy atom. The lowest BCUT2D eigenvalue weighted by Crippen LogP contribution is -2.37. The molecule has 3 atom stereocenters. The summed E-state index contributed by atoms with van der Waals surface area (Å²) < 4.78 is 29.0. The summed E-state index contributed by atoms with van der Waals surface area (Å²) in [6.45, 7) is 1.46. The highest BCUT2D eigenvalue weighted by Gasteiger charge is 2.37. The molecule has 0 aromatic heterocycles. The Hall–Kier alpha value is -2.62. The van der Waals surface area contributed by atoms with Gasteiger partial charge in [0.2, 0.25) is 0 Å². The number of aliphatic hydroxyl groups excluding tert-OH is 2. The van der Waals surface area contributed by atoms with Gasteiger partial charge in [0.1, 0.15) is 12.2 Å². The lowest BCUT2D eigenvalue weighted by Gasteiger charge is -2.25. The second kappa shape index (κ2) is 38.9. The van der Waals surface area contributed by atoms with E-state index in [9.17, 15) is 29.4 Å². The minimum absolute atomic E-state index is 0.0104. The van der Waals surface area contributed by atoms with Gasteiger partial charge in [-0.15, -0.1) is 0 Å². The molecule has 0 radical (unpaired) electrons. The number of carbonyl (C=O) groups is 1. The zero-order valence-corrected chi connectivity index (χ0v) is 46.1. The Labute approximate surface area is 436 Å². The molecular weight excluding hydrogens is 920 g/mol. The van der Waals surface area contributed by atoms with E-state index < -0.39 is 44.8 Å². The average Bonchev–Trinajstić information content (AvgIpc) is 3.37. The number of aliphatic hydroxyl groups is 2. The van der Waals surface area contributed by atoms with Gasteiger partial charge in [0.25, 0.3) is 0 Å². The van der Waals surface area contributed by atoms with Crippen molar-refractivity contribution >= 4 is 45.9 Å². The molecule has 4 rings (SSSR count). The molecule has 4 N–H and O–H groups in total. The maximum absolute atomic E-state index is 13.1. The quantitative estimate of drug-likeness (QED) is 0.0147. The van der Waals surface area contributed by atoms with Crippen LogP contribution in [0.1, 0.15) is 244 Å². The van der Waals surface area contributed by atoms with E-state index in [1.165, 1.54) is 231 Å². The molecule has 72 heavy (non-hydrogen) atoms. The highest BCUT2D eigenvalue weighted by atomic mass is 31.2. The smallest absolute Gasteiger partial charge is 0.356 e. The van der Waals surface area contributed by atoms with E-state index in [0.29, 0.717) is 19.4 Å². The number of aryl methyl sites for hydroxylation is 1. The van der Waals surface area contributed by atoms with Crippen LogP contribution in [-0.4, -0.2) is 70.4 Å². The summed E-state index contributed by atoms with van der Waals surface area (Å²) in [6.07, 6.45) is 45.3. The second-order valence-electron chi connectivity index (χ2n) is 21.4. The third kappa shape index (κ3) is 25.7. The van der Waals surface area contributed by atoms with Gasteiger partial charge in [0, 0.05) is 13.0 Å². The van der Waals surface area contributed by atoms with Crippen LogP contribution >= 0.6 is 7.60 Å². The van der Waals surface area contributed by atoms with Crippen molar-refractivity contribution in [2.45, 2.75) is 263 Å². The van der Waals surface area contributed by atoms with Gasteiger partial charge in [-0.05, 0) is 57.1 Å². The van der Waals surface area contributed by atoms with Gasteiger partial charge >= 0.3 is 13.6 Å². The molecule has 9 nitrogen and oxygen atoms in total. The van der Waals surface area contributed by atoms with Gasteiger partial charge < -0.3 is 34.2 Å².